The number of aromatic nitrogens is 1. The predicted molar refractivity (Wildman–Crippen MR) is 130 cm³/mol. The van der Waals surface area contributed by atoms with Crippen LogP contribution in [0.4, 0.5) is 5.69 Å². The molecule has 0 radical (unpaired) electrons. The molecule has 1 heterocycles. The van der Waals surface area contributed by atoms with E-state index in [1.165, 1.54) is 5.56 Å². The zero-order chi connectivity index (χ0) is 23.8. The highest BCUT2D eigenvalue weighted by Crippen LogP contribution is 2.25. The van der Waals surface area contributed by atoms with Gasteiger partial charge in [0.2, 0.25) is 0 Å². The average molecular weight is 446 g/mol. The van der Waals surface area contributed by atoms with Crippen molar-refractivity contribution in [2.45, 2.75) is 52.2 Å². The second kappa shape index (κ2) is 10.8. The van der Waals surface area contributed by atoms with Crippen LogP contribution in [0, 0.1) is 0 Å². The molecule has 0 spiro atoms. The van der Waals surface area contributed by atoms with E-state index in [-0.39, 0.29) is 17.2 Å². The summed E-state index contributed by atoms with van der Waals surface area (Å²) in [6.07, 6.45) is 3.19. The fourth-order valence-electron chi connectivity index (χ4n) is 3.30. The largest absolute Gasteiger partial charge is 0.481 e. The minimum absolute atomic E-state index is 0.0430. The number of hydrogen-bond acceptors (Lipinski definition) is 4. The molecule has 2 aromatic carbocycles. The third kappa shape index (κ3) is 6.65. The maximum absolute atomic E-state index is 13.0. The molecule has 0 bridgehead atoms. The number of pyridine rings is 1. The minimum Gasteiger partial charge on any atom is -0.481 e. The first-order chi connectivity index (χ1) is 15.8. The van der Waals surface area contributed by atoms with Crippen molar-refractivity contribution in [2.24, 2.45) is 0 Å². The Hall–Kier alpha value is -3.67. The van der Waals surface area contributed by atoms with E-state index in [0.29, 0.717) is 30.0 Å². The van der Waals surface area contributed by atoms with Gasteiger partial charge in [0.05, 0.1) is 11.3 Å². The molecule has 2 amide bonds. The third-order valence-corrected chi connectivity index (χ3v) is 5.27. The van der Waals surface area contributed by atoms with E-state index < -0.39 is 6.10 Å². The Bertz CT molecular complexity index is 1070. The van der Waals surface area contributed by atoms with Crippen molar-refractivity contribution >= 4 is 17.5 Å². The van der Waals surface area contributed by atoms with Gasteiger partial charge in [-0.25, -0.2) is 0 Å². The lowest BCUT2D eigenvalue weighted by Crippen LogP contribution is -2.33. The molecule has 3 rings (SSSR count). The Balaban J connectivity index is 1.66. The topological polar surface area (TPSA) is 80.3 Å². The number of nitrogens with zero attached hydrogens (tertiary/aromatic N) is 1. The van der Waals surface area contributed by atoms with Gasteiger partial charge in [0.1, 0.15) is 5.75 Å². The van der Waals surface area contributed by atoms with Crippen LogP contribution in [0.15, 0.2) is 73.1 Å². The lowest BCUT2D eigenvalue weighted by Gasteiger charge is -2.21. The number of rotatable bonds is 8. The maximum atomic E-state index is 13.0. The lowest BCUT2D eigenvalue weighted by molar-refractivity contribution is -0.122. The van der Waals surface area contributed by atoms with E-state index in [4.69, 9.17) is 4.74 Å². The third-order valence-electron chi connectivity index (χ3n) is 5.27. The fraction of sp³-hybridized carbons (Fsp3) is 0.296. The molecule has 3 aromatic rings. The molecule has 33 heavy (non-hydrogen) atoms. The average Bonchev–Trinajstić information content (AvgIpc) is 2.81. The van der Waals surface area contributed by atoms with Crippen molar-refractivity contribution < 1.29 is 14.3 Å². The van der Waals surface area contributed by atoms with Gasteiger partial charge in [-0.3, -0.25) is 14.6 Å². The molecular formula is C27H31N3O3. The highest BCUT2D eigenvalue weighted by atomic mass is 16.5. The Kier molecular flexibility index (Phi) is 7.83. The van der Waals surface area contributed by atoms with Gasteiger partial charge in [-0.2, -0.15) is 0 Å². The number of carbonyl (C=O) groups is 2. The number of benzene rings is 2. The number of para-hydroxylation sites is 1. The SMILES string of the molecule is CCC(Oc1ccc(C(C)(C)C)cc1)C(=O)Nc1ccccc1C(=O)NCc1cccnc1. The molecule has 1 atom stereocenters. The molecule has 0 aliphatic rings. The summed E-state index contributed by atoms with van der Waals surface area (Å²) in [6, 6.07) is 18.4. The van der Waals surface area contributed by atoms with Gasteiger partial charge in [0.15, 0.2) is 6.10 Å². The Morgan fingerprint density at radius 1 is 1.00 bits per heavy atom. The van der Waals surface area contributed by atoms with Crippen molar-refractivity contribution in [2.75, 3.05) is 5.32 Å². The van der Waals surface area contributed by atoms with Gasteiger partial charge in [-0.1, -0.05) is 58.0 Å². The van der Waals surface area contributed by atoms with E-state index in [1.54, 1.807) is 36.7 Å². The molecule has 172 valence electrons. The standard InChI is InChI=1S/C27H31N3O3/c1-5-24(33-21-14-12-20(13-15-21)27(2,3)4)26(32)30-23-11-7-6-10-22(23)25(31)29-18-19-9-8-16-28-17-19/h6-17,24H,5,18H2,1-4H3,(H,29,31)(H,30,32). The molecule has 1 aromatic heterocycles. The van der Waals surface area contributed by atoms with Crippen LogP contribution in [0.5, 0.6) is 5.75 Å². The van der Waals surface area contributed by atoms with Crippen LogP contribution >= 0.6 is 0 Å². The fourth-order valence-corrected chi connectivity index (χ4v) is 3.30. The number of nitrogens with one attached hydrogen (secondary N) is 2. The van der Waals surface area contributed by atoms with Gasteiger partial charge >= 0.3 is 0 Å². The van der Waals surface area contributed by atoms with Gasteiger partial charge in [0.25, 0.3) is 11.8 Å². The maximum Gasteiger partial charge on any atom is 0.265 e. The van der Waals surface area contributed by atoms with E-state index in [0.717, 1.165) is 5.56 Å². The van der Waals surface area contributed by atoms with E-state index in [2.05, 4.69) is 36.4 Å². The summed E-state index contributed by atoms with van der Waals surface area (Å²) in [5.74, 6) is 0.0545. The highest BCUT2D eigenvalue weighted by Gasteiger charge is 2.21. The van der Waals surface area contributed by atoms with Gasteiger partial charge in [-0.05, 0) is 53.3 Å². The first kappa shape index (κ1) is 24.0. The van der Waals surface area contributed by atoms with Crippen LogP contribution in [-0.4, -0.2) is 22.9 Å². The van der Waals surface area contributed by atoms with Crippen LogP contribution in [-0.2, 0) is 16.8 Å². The highest BCUT2D eigenvalue weighted by molar-refractivity contribution is 6.04. The van der Waals surface area contributed by atoms with Crippen LogP contribution < -0.4 is 15.4 Å². The molecule has 2 N–H and O–H groups in total. The lowest BCUT2D eigenvalue weighted by atomic mass is 9.87. The molecular weight excluding hydrogens is 414 g/mol. The number of hydrogen-bond donors (Lipinski definition) is 2. The smallest absolute Gasteiger partial charge is 0.265 e. The van der Waals surface area contributed by atoms with Crippen LogP contribution in [0.25, 0.3) is 0 Å². The second-order valence-corrected chi connectivity index (χ2v) is 8.87. The molecule has 0 fully saturated rings. The molecule has 6 heteroatoms. The first-order valence-electron chi connectivity index (χ1n) is 11.1. The summed E-state index contributed by atoms with van der Waals surface area (Å²) in [5, 5.41) is 5.73. The first-order valence-corrected chi connectivity index (χ1v) is 11.1. The van der Waals surface area contributed by atoms with Gasteiger partial charge < -0.3 is 15.4 Å². The molecule has 0 saturated heterocycles. The Morgan fingerprint density at radius 3 is 2.36 bits per heavy atom. The summed E-state index contributed by atoms with van der Waals surface area (Å²) < 4.78 is 5.95. The van der Waals surface area contributed by atoms with E-state index in [9.17, 15) is 9.59 Å². The molecule has 0 saturated carbocycles. The summed E-state index contributed by atoms with van der Waals surface area (Å²) in [6.45, 7) is 8.68. The monoisotopic (exact) mass is 445 g/mol. The van der Waals surface area contributed by atoms with Crippen molar-refractivity contribution in [3.63, 3.8) is 0 Å². The minimum atomic E-state index is -0.683. The summed E-state index contributed by atoms with van der Waals surface area (Å²) in [7, 11) is 0. The summed E-state index contributed by atoms with van der Waals surface area (Å²) in [4.78, 5) is 29.8. The number of anilines is 1. The zero-order valence-corrected chi connectivity index (χ0v) is 19.6. The predicted octanol–water partition coefficient (Wildman–Crippen LogP) is 5.11. The van der Waals surface area contributed by atoms with Crippen LogP contribution in [0.2, 0.25) is 0 Å². The van der Waals surface area contributed by atoms with E-state index >= 15 is 0 Å². The van der Waals surface area contributed by atoms with Crippen molar-refractivity contribution in [3.8, 4) is 5.75 Å². The quantitative estimate of drug-likeness (QED) is 0.505. The van der Waals surface area contributed by atoms with Crippen LogP contribution in [0.3, 0.4) is 0 Å². The van der Waals surface area contributed by atoms with E-state index in [1.807, 2.05) is 43.3 Å². The number of amides is 2. The molecule has 1 unspecified atom stereocenters. The van der Waals surface area contributed by atoms with Gasteiger partial charge in [-0.15, -0.1) is 0 Å². The number of carbonyl (C=O) groups excluding carboxylic acids is 2. The molecule has 6 nitrogen and oxygen atoms in total. The molecule has 0 aliphatic carbocycles. The second-order valence-electron chi connectivity index (χ2n) is 8.87. The summed E-state index contributed by atoms with van der Waals surface area (Å²) in [5.41, 5.74) is 2.96. The summed E-state index contributed by atoms with van der Waals surface area (Å²) >= 11 is 0. The molecule has 0 aliphatic heterocycles. The zero-order valence-electron chi connectivity index (χ0n) is 19.6. The Labute approximate surface area is 195 Å². The van der Waals surface area contributed by atoms with Crippen molar-refractivity contribution in [1.29, 1.82) is 0 Å². The van der Waals surface area contributed by atoms with Gasteiger partial charge in [0, 0.05) is 18.9 Å². The van der Waals surface area contributed by atoms with Crippen molar-refractivity contribution in [1.82, 2.24) is 10.3 Å². The van der Waals surface area contributed by atoms with Crippen LogP contribution in [0.1, 0.15) is 55.6 Å². The van der Waals surface area contributed by atoms with Crippen molar-refractivity contribution in [3.05, 3.63) is 89.7 Å². The Morgan fingerprint density at radius 2 is 1.73 bits per heavy atom. The number of ether oxygens (including phenoxy) is 1. The normalized spacial score (nSPS) is 12.0.